The van der Waals surface area contributed by atoms with Crippen molar-refractivity contribution in [1.82, 2.24) is 10.3 Å². The highest BCUT2D eigenvalue weighted by Crippen LogP contribution is 2.52. The first-order valence-electron chi connectivity index (χ1n) is 6.29. The second-order valence-corrected chi connectivity index (χ2v) is 5.47. The van der Waals surface area contributed by atoms with Crippen molar-refractivity contribution in [2.24, 2.45) is 0 Å². The minimum atomic E-state index is 0.439. The molecule has 2 aliphatic rings. The zero-order valence-electron chi connectivity index (χ0n) is 9.81. The first kappa shape index (κ1) is 10.5. The van der Waals surface area contributed by atoms with Crippen molar-refractivity contribution in [1.29, 1.82) is 0 Å². The quantitative estimate of drug-likeness (QED) is 0.789. The van der Waals surface area contributed by atoms with E-state index < -0.39 is 0 Å². The minimum Gasteiger partial charge on any atom is -0.302 e. The maximum Gasteiger partial charge on any atom is 0.129 e. The lowest BCUT2D eigenvalue weighted by atomic mass is 9.81. The number of hydrogen-bond acceptors (Lipinski definition) is 2. The molecule has 3 heteroatoms. The van der Waals surface area contributed by atoms with E-state index in [-0.39, 0.29) is 0 Å². The summed E-state index contributed by atoms with van der Waals surface area (Å²) in [6.45, 7) is 0. The maximum atomic E-state index is 5.85. The van der Waals surface area contributed by atoms with Gasteiger partial charge in [0, 0.05) is 24.2 Å². The van der Waals surface area contributed by atoms with Gasteiger partial charge in [0.15, 0.2) is 0 Å². The van der Waals surface area contributed by atoms with Crippen molar-refractivity contribution < 1.29 is 0 Å². The van der Waals surface area contributed by atoms with Gasteiger partial charge in [0.25, 0.3) is 0 Å². The Labute approximate surface area is 111 Å². The van der Waals surface area contributed by atoms with Crippen LogP contribution in [0.1, 0.15) is 41.1 Å². The Morgan fingerprint density at radius 2 is 1.94 bits per heavy atom. The van der Waals surface area contributed by atoms with Crippen molar-refractivity contribution in [3.05, 3.63) is 64.4 Å². The molecule has 90 valence electrons. The number of halogens is 1. The fraction of sp³-hybridized carbons (Fsp3) is 0.267. The zero-order valence-corrected chi connectivity index (χ0v) is 10.6. The Morgan fingerprint density at radius 1 is 1.11 bits per heavy atom. The molecule has 0 spiro atoms. The third-order valence-corrected chi connectivity index (χ3v) is 4.38. The molecule has 4 rings (SSSR count). The molecule has 2 nitrogen and oxygen atoms in total. The molecule has 1 aromatic carbocycles. The SMILES string of the molecule is Clc1ccc(C2CC3NC2c2ccccc23)cn1. The normalized spacial score (nSPS) is 28.4. The average Bonchev–Trinajstić information content (AvgIpc) is 2.99. The van der Waals surface area contributed by atoms with Gasteiger partial charge in [-0.05, 0) is 29.2 Å². The molecule has 0 radical (unpaired) electrons. The number of nitrogens with one attached hydrogen (secondary N) is 1. The first-order valence-corrected chi connectivity index (χ1v) is 6.67. The molecule has 1 aromatic heterocycles. The van der Waals surface area contributed by atoms with Crippen LogP contribution < -0.4 is 5.32 Å². The number of nitrogens with zero attached hydrogens (tertiary/aromatic N) is 1. The Hall–Kier alpha value is -1.38. The molecule has 0 aliphatic carbocycles. The molecule has 0 saturated carbocycles. The minimum absolute atomic E-state index is 0.439. The Kier molecular flexibility index (Phi) is 2.23. The summed E-state index contributed by atoms with van der Waals surface area (Å²) in [5.41, 5.74) is 4.21. The van der Waals surface area contributed by atoms with Gasteiger partial charge in [-0.3, -0.25) is 0 Å². The van der Waals surface area contributed by atoms with Crippen LogP contribution in [0.15, 0.2) is 42.6 Å². The summed E-state index contributed by atoms with van der Waals surface area (Å²) >= 11 is 5.85. The van der Waals surface area contributed by atoms with Crippen LogP contribution in [0.4, 0.5) is 0 Å². The van der Waals surface area contributed by atoms with Crippen molar-refractivity contribution in [3.8, 4) is 0 Å². The number of benzene rings is 1. The van der Waals surface area contributed by atoms with Crippen LogP contribution in [-0.4, -0.2) is 4.98 Å². The summed E-state index contributed by atoms with van der Waals surface area (Å²) in [7, 11) is 0. The van der Waals surface area contributed by atoms with E-state index in [0.29, 0.717) is 23.2 Å². The van der Waals surface area contributed by atoms with Gasteiger partial charge in [-0.1, -0.05) is 41.9 Å². The molecule has 1 fully saturated rings. The first-order chi connectivity index (χ1) is 8.83. The summed E-state index contributed by atoms with van der Waals surface area (Å²) < 4.78 is 0. The summed E-state index contributed by atoms with van der Waals surface area (Å²) in [5, 5.41) is 4.26. The van der Waals surface area contributed by atoms with E-state index in [1.165, 1.54) is 16.7 Å². The summed E-state index contributed by atoms with van der Waals surface area (Å²) in [5.74, 6) is 0.523. The number of hydrogen-bond donors (Lipinski definition) is 1. The van der Waals surface area contributed by atoms with E-state index in [9.17, 15) is 0 Å². The molecule has 2 aliphatic heterocycles. The van der Waals surface area contributed by atoms with Gasteiger partial charge in [-0.2, -0.15) is 0 Å². The smallest absolute Gasteiger partial charge is 0.129 e. The van der Waals surface area contributed by atoms with Gasteiger partial charge in [0.2, 0.25) is 0 Å². The molecule has 1 saturated heterocycles. The molecule has 18 heavy (non-hydrogen) atoms. The molecule has 3 atom stereocenters. The predicted octanol–water partition coefficient (Wildman–Crippen LogP) is 3.61. The Balaban J connectivity index is 1.74. The van der Waals surface area contributed by atoms with Gasteiger partial charge in [0.05, 0.1) is 0 Å². The fourth-order valence-electron chi connectivity index (χ4n) is 3.36. The van der Waals surface area contributed by atoms with Crippen molar-refractivity contribution in [2.45, 2.75) is 24.4 Å². The predicted molar refractivity (Wildman–Crippen MR) is 71.7 cm³/mol. The molecule has 2 bridgehead atoms. The fourth-order valence-corrected chi connectivity index (χ4v) is 3.47. The lowest BCUT2D eigenvalue weighted by molar-refractivity contribution is 0.586. The zero-order chi connectivity index (χ0) is 12.1. The van der Waals surface area contributed by atoms with Gasteiger partial charge in [-0.15, -0.1) is 0 Å². The molecule has 1 N–H and O–H groups in total. The molecular weight excluding hydrogens is 244 g/mol. The van der Waals surface area contributed by atoms with E-state index in [2.05, 4.69) is 40.6 Å². The second kappa shape index (κ2) is 3.81. The van der Waals surface area contributed by atoms with Crippen LogP contribution >= 0.6 is 11.6 Å². The van der Waals surface area contributed by atoms with E-state index in [1.54, 1.807) is 0 Å². The molecule has 3 heterocycles. The molecular formula is C15H13ClN2. The van der Waals surface area contributed by atoms with Crippen LogP contribution in [0, 0.1) is 0 Å². The average molecular weight is 257 g/mol. The summed E-state index contributed by atoms with van der Waals surface area (Å²) in [4.78, 5) is 4.20. The third-order valence-electron chi connectivity index (χ3n) is 4.16. The largest absolute Gasteiger partial charge is 0.302 e. The highest BCUT2D eigenvalue weighted by Gasteiger charge is 2.43. The summed E-state index contributed by atoms with van der Waals surface area (Å²) in [6.07, 6.45) is 3.07. The monoisotopic (exact) mass is 256 g/mol. The van der Waals surface area contributed by atoms with Crippen molar-refractivity contribution >= 4 is 11.6 Å². The van der Waals surface area contributed by atoms with Crippen LogP contribution in [0.25, 0.3) is 0 Å². The number of rotatable bonds is 1. The second-order valence-electron chi connectivity index (χ2n) is 5.08. The highest BCUT2D eigenvalue weighted by molar-refractivity contribution is 6.29. The van der Waals surface area contributed by atoms with Crippen LogP contribution in [0.5, 0.6) is 0 Å². The Morgan fingerprint density at radius 3 is 2.72 bits per heavy atom. The van der Waals surface area contributed by atoms with Crippen molar-refractivity contribution in [3.63, 3.8) is 0 Å². The van der Waals surface area contributed by atoms with Gasteiger partial charge < -0.3 is 5.32 Å². The standard InChI is InChI=1S/C15H13ClN2/c16-14-6-5-9(8-17-14)12-7-13-10-3-1-2-4-11(10)15(12)18-13/h1-6,8,12-13,15,18H,7H2. The highest BCUT2D eigenvalue weighted by atomic mass is 35.5. The lowest BCUT2D eigenvalue weighted by Crippen LogP contribution is -2.12. The van der Waals surface area contributed by atoms with E-state index in [1.807, 2.05) is 12.3 Å². The van der Waals surface area contributed by atoms with E-state index in [0.717, 1.165) is 6.42 Å². The number of pyridine rings is 1. The van der Waals surface area contributed by atoms with Gasteiger partial charge in [-0.25, -0.2) is 4.98 Å². The number of fused-ring (bicyclic) bond motifs is 5. The van der Waals surface area contributed by atoms with Gasteiger partial charge in [0.1, 0.15) is 5.15 Å². The number of aromatic nitrogens is 1. The lowest BCUT2D eigenvalue weighted by Gasteiger charge is -2.22. The van der Waals surface area contributed by atoms with Gasteiger partial charge >= 0.3 is 0 Å². The summed E-state index contributed by atoms with van der Waals surface area (Å²) in [6, 6.07) is 13.7. The van der Waals surface area contributed by atoms with Crippen molar-refractivity contribution in [2.75, 3.05) is 0 Å². The third kappa shape index (κ3) is 1.43. The Bertz CT molecular complexity index is 594. The van der Waals surface area contributed by atoms with E-state index in [4.69, 9.17) is 11.6 Å². The van der Waals surface area contributed by atoms with Crippen LogP contribution in [0.3, 0.4) is 0 Å². The molecule has 3 unspecified atom stereocenters. The van der Waals surface area contributed by atoms with E-state index >= 15 is 0 Å². The van der Waals surface area contributed by atoms with Crippen LogP contribution in [-0.2, 0) is 0 Å². The maximum absolute atomic E-state index is 5.85. The topological polar surface area (TPSA) is 24.9 Å². The molecule has 0 amide bonds. The van der Waals surface area contributed by atoms with Crippen LogP contribution in [0.2, 0.25) is 5.15 Å². The molecule has 2 aromatic rings.